The number of Topliss-reactive ketones (excluding diaryl/α,β-unsaturated/α-hetero) is 1. The molecular weight excluding hydrogens is 388 g/mol. The maximum Gasteiger partial charge on any atom is 0.193 e. The van der Waals surface area contributed by atoms with Crippen molar-refractivity contribution in [2.75, 3.05) is 10.6 Å². The number of carbonyl (C=O) groups is 2. The van der Waals surface area contributed by atoms with Crippen molar-refractivity contribution in [3.05, 3.63) is 101 Å². The third kappa shape index (κ3) is 3.59. The molecule has 0 radical (unpaired) electrons. The summed E-state index contributed by atoms with van der Waals surface area (Å²) >= 11 is 0. The minimum absolute atomic E-state index is 0.0431. The molecule has 1 aliphatic carbocycles. The van der Waals surface area contributed by atoms with Gasteiger partial charge in [-0.3, -0.25) is 9.59 Å². The molecule has 5 nitrogen and oxygen atoms in total. The Kier molecular flexibility index (Phi) is 4.79. The van der Waals surface area contributed by atoms with E-state index < -0.39 is 0 Å². The molecule has 0 bridgehead atoms. The van der Waals surface area contributed by atoms with Crippen LogP contribution >= 0.6 is 0 Å². The highest BCUT2D eigenvalue weighted by molar-refractivity contribution is 6.10. The number of aromatic hydroxyl groups is 1. The first kappa shape index (κ1) is 19.1. The fourth-order valence-corrected chi connectivity index (χ4v) is 4.31. The first-order valence-corrected chi connectivity index (χ1v) is 10.4. The van der Waals surface area contributed by atoms with Crippen molar-refractivity contribution in [1.29, 1.82) is 0 Å². The summed E-state index contributed by atoms with van der Waals surface area (Å²) in [5, 5.41) is 16.6. The molecule has 0 unspecified atom stereocenters. The molecule has 154 valence electrons. The van der Waals surface area contributed by atoms with Crippen LogP contribution in [0.3, 0.4) is 0 Å². The lowest BCUT2D eigenvalue weighted by molar-refractivity contribution is -0.116. The number of benzene rings is 3. The predicted octanol–water partition coefficient (Wildman–Crippen LogP) is 5.21. The molecule has 31 heavy (non-hydrogen) atoms. The number of hydrogen-bond donors (Lipinski definition) is 3. The Morgan fingerprint density at radius 1 is 0.871 bits per heavy atom. The van der Waals surface area contributed by atoms with E-state index in [-0.39, 0.29) is 23.4 Å². The van der Waals surface area contributed by atoms with Gasteiger partial charge in [0, 0.05) is 28.8 Å². The minimum Gasteiger partial charge on any atom is -0.508 e. The van der Waals surface area contributed by atoms with Gasteiger partial charge in [-0.05, 0) is 48.7 Å². The quantitative estimate of drug-likeness (QED) is 0.517. The van der Waals surface area contributed by atoms with Crippen molar-refractivity contribution in [2.45, 2.75) is 25.3 Å². The first-order chi connectivity index (χ1) is 15.1. The van der Waals surface area contributed by atoms with E-state index in [1.165, 1.54) is 0 Å². The smallest absolute Gasteiger partial charge is 0.193 e. The van der Waals surface area contributed by atoms with Gasteiger partial charge in [0.25, 0.3) is 0 Å². The summed E-state index contributed by atoms with van der Waals surface area (Å²) in [6, 6.07) is 21.3. The second-order valence-corrected chi connectivity index (χ2v) is 7.92. The van der Waals surface area contributed by atoms with Gasteiger partial charge in [0.05, 0.1) is 17.4 Å². The Hall–Kier alpha value is -3.86. The number of ketones is 2. The third-order valence-electron chi connectivity index (χ3n) is 5.87. The number of nitrogens with one attached hydrogen (secondary N) is 2. The summed E-state index contributed by atoms with van der Waals surface area (Å²) in [6.07, 6.45) is 2.09. The average molecular weight is 410 g/mol. The molecule has 0 fully saturated rings. The molecule has 0 saturated carbocycles. The molecule has 3 aromatic rings. The SMILES string of the molecule is O=C1CCCC2=C1[C@H](c1ccc(O)cc1)Nc1ccc(C(=O)c3ccccc3)cc1N2. The number of carbonyl (C=O) groups excluding carboxylic acids is 2. The van der Waals surface area contributed by atoms with Crippen LogP contribution in [0.4, 0.5) is 11.4 Å². The van der Waals surface area contributed by atoms with Gasteiger partial charge in [-0.25, -0.2) is 0 Å². The second kappa shape index (κ2) is 7.76. The zero-order valence-electron chi connectivity index (χ0n) is 16.9. The van der Waals surface area contributed by atoms with Gasteiger partial charge in [-0.2, -0.15) is 0 Å². The molecule has 0 spiro atoms. The summed E-state index contributed by atoms with van der Waals surface area (Å²) in [5.74, 6) is 0.260. The van der Waals surface area contributed by atoms with Gasteiger partial charge in [0.15, 0.2) is 11.6 Å². The summed E-state index contributed by atoms with van der Waals surface area (Å²) < 4.78 is 0. The monoisotopic (exact) mass is 410 g/mol. The van der Waals surface area contributed by atoms with Gasteiger partial charge < -0.3 is 15.7 Å². The van der Waals surface area contributed by atoms with Crippen molar-refractivity contribution in [3.63, 3.8) is 0 Å². The average Bonchev–Trinajstić information content (AvgIpc) is 2.96. The molecule has 0 saturated heterocycles. The molecule has 0 amide bonds. The van der Waals surface area contributed by atoms with Crippen molar-refractivity contribution in [1.82, 2.24) is 0 Å². The summed E-state index contributed by atoms with van der Waals surface area (Å²) in [5.41, 5.74) is 5.36. The summed E-state index contributed by atoms with van der Waals surface area (Å²) in [4.78, 5) is 25.8. The van der Waals surface area contributed by atoms with Crippen LogP contribution in [0.1, 0.15) is 46.8 Å². The van der Waals surface area contributed by atoms with Crippen molar-refractivity contribution >= 4 is 22.9 Å². The highest BCUT2D eigenvalue weighted by Gasteiger charge is 2.32. The van der Waals surface area contributed by atoms with Crippen LogP contribution < -0.4 is 10.6 Å². The van der Waals surface area contributed by atoms with E-state index in [9.17, 15) is 14.7 Å². The Labute approximate surface area is 180 Å². The van der Waals surface area contributed by atoms with Crippen LogP contribution in [-0.2, 0) is 4.79 Å². The molecule has 3 N–H and O–H groups in total. The number of fused-ring (bicyclic) bond motifs is 1. The zero-order valence-corrected chi connectivity index (χ0v) is 16.9. The Morgan fingerprint density at radius 2 is 1.65 bits per heavy atom. The molecule has 5 heteroatoms. The molecule has 1 aliphatic heterocycles. The van der Waals surface area contributed by atoms with E-state index in [2.05, 4.69) is 10.6 Å². The van der Waals surface area contributed by atoms with Crippen LogP contribution in [0.2, 0.25) is 0 Å². The Balaban J connectivity index is 1.58. The number of allylic oxidation sites excluding steroid dienone is 1. The fourth-order valence-electron chi connectivity index (χ4n) is 4.31. The van der Waals surface area contributed by atoms with Gasteiger partial charge in [-0.15, -0.1) is 0 Å². The highest BCUT2D eigenvalue weighted by Crippen LogP contribution is 2.41. The lowest BCUT2D eigenvalue weighted by Gasteiger charge is -2.25. The van der Waals surface area contributed by atoms with E-state index in [0.717, 1.165) is 41.1 Å². The lowest BCUT2D eigenvalue weighted by Crippen LogP contribution is -2.23. The van der Waals surface area contributed by atoms with Crippen molar-refractivity contribution in [2.24, 2.45) is 0 Å². The first-order valence-electron chi connectivity index (χ1n) is 10.4. The maximum atomic E-state index is 12.9. The maximum absolute atomic E-state index is 12.9. The van der Waals surface area contributed by atoms with E-state index >= 15 is 0 Å². The van der Waals surface area contributed by atoms with E-state index in [1.54, 1.807) is 24.3 Å². The normalized spacial score (nSPS) is 17.7. The topological polar surface area (TPSA) is 78.4 Å². The second-order valence-electron chi connectivity index (χ2n) is 7.92. The van der Waals surface area contributed by atoms with E-state index in [0.29, 0.717) is 17.5 Å². The number of anilines is 2. The molecule has 1 heterocycles. The van der Waals surface area contributed by atoms with Crippen molar-refractivity contribution < 1.29 is 14.7 Å². The Morgan fingerprint density at radius 3 is 2.42 bits per heavy atom. The van der Waals surface area contributed by atoms with Gasteiger partial charge in [-0.1, -0.05) is 42.5 Å². The zero-order chi connectivity index (χ0) is 21.4. The summed E-state index contributed by atoms with van der Waals surface area (Å²) in [6.45, 7) is 0. The third-order valence-corrected chi connectivity index (χ3v) is 5.87. The number of phenols is 1. The molecule has 2 aliphatic rings. The predicted molar refractivity (Wildman–Crippen MR) is 120 cm³/mol. The molecular formula is C26H22N2O3. The molecule has 0 aromatic heterocycles. The molecule has 1 atom stereocenters. The van der Waals surface area contributed by atoms with E-state index in [4.69, 9.17) is 0 Å². The highest BCUT2D eigenvalue weighted by atomic mass is 16.3. The standard InChI is InChI=1S/C26H22N2O3/c29-19-12-9-16(10-13-19)25-24-21(7-4-8-23(24)30)27-22-15-18(11-14-20(22)28-25)26(31)17-5-2-1-3-6-17/h1-3,5-6,9-15,25,27-29H,4,7-8H2/t25-/m0/s1. The van der Waals surface area contributed by atoms with Gasteiger partial charge in [0.1, 0.15) is 5.75 Å². The number of phenolic OH excluding ortho intramolecular Hbond substituents is 1. The van der Waals surface area contributed by atoms with Crippen LogP contribution in [0.15, 0.2) is 84.1 Å². The van der Waals surface area contributed by atoms with Crippen LogP contribution in [0.5, 0.6) is 5.75 Å². The summed E-state index contributed by atoms with van der Waals surface area (Å²) in [7, 11) is 0. The largest absolute Gasteiger partial charge is 0.508 e. The number of rotatable bonds is 3. The fraction of sp³-hybridized carbons (Fsp3) is 0.154. The van der Waals surface area contributed by atoms with E-state index in [1.807, 2.05) is 48.5 Å². The Bertz CT molecular complexity index is 1200. The molecule has 5 rings (SSSR count). The lowest BCUT2D eigenvalue weighted by atomic mass is 9.87. The minimum atomic E-state index is -0.326. The van der Waals surface area contributed by atoms with Crippen LogP contribution in [0, 0.1) is 0 Å². The van der Waals surface area contributed by atoms with Gasteiger partial charge >= 0.3 is 0 Å². The molecule has 3 aromatic carbocycles. The van der Waals surface area contributed by atoms with Crippen LogP contribution in [-0.4, -0.2) is 16.7 Å². The van der Waals surface area contributed by atoms with Gasteiger partial charge in [0.2, 0.25) is 0 Å². The number of hydrogen-bond acceptors (Lipinski definition) is 5. The van der Waals surface area contributed by atoms with Crippen LogP contribution in [0.25, 0.3) is 0 Å². The van der Waals surface area contributed by atoms with Crippen molar-refractivity contribution in [3.8, 4) is 5.75 Å².